The van der Waals surface area contributed by atoms with Crippen molar-refractivity contribution >= 4 is 23.1 Å². The largest absolute Gasteiger partial charge is 0.240 e. The van der Waals surface area contributed by atoms with Gasteiger partial charge in [-0.2, -0.15) is 5.26 Å². The van der Waals surface area contributed by atoms with Crippen LogP contribution >= 0.6 is 23.1 Å². The maximum atomic E-state index is 8.58. The van der Waals surface area contributed by atoms with Crippen LogP contribution in [0, 0.1) is 11.3 Å². The quantitative estimate of drug-likeness (QED) is 0.776. The Labute approximate surface area is 103 Å². The first kappa shape index (κ1) is 11.2. The minimum absolute atomic E-state index is 0.396. The molecule has 2 aromatic rings. The molecule has 0 atom stereocenters. The molecule has 0 saturated carbocycles. The summed E-state index contributed by atoms with van der Waals surface area (Å²) in [5.74, 6) is 0. The Morgan fingerprint density at radius 3 is 2.75 bits per heavy atom. The molecule has 0 radical (unpaired) electrons. The smallest absolute Gasteiger partial charge is 0.107 e. The van der Waals surface area contributed by atoms with Crippen LogP contribution in [0.3, 0.4) is 0 Å². The molecule has 16 heavy (non-hydrogen) atoms. The molecule has 0 unspecified atom stereocenters. The number of nitrogens with zero attached hydrogens (tertiary/aromatic N) is 2. The molecule has 2 rings (SSSR count). The summed E-state index contributed by atoms with van der Waals surface area (Å²) < 4.78 is 0. The lowest BCUT2D eigenvalue weighted by atomic mass is 10.2. The van der Waals surface area contributed by atoms with Crippen LogP contribution in [0.25, 0.3) is 11.3 Å². The molecule has 1 aromatic heterocycles. The number of aromatic nitrogens is 1. The second-order valence-corrected chi connectivity index (χ2v) is 5.01. The Morgan fingerprint density at radius 2 is 2.12 bits per heavy atom. The first-order valence-corrected chi connectivity index (χ1v) is 6.89. The van der Waals surface area contributed by atoms with Crippen molar-refractivity contribution < 1.29 is 0 Å². The van der Waals surface area contributed by atoms with E-state index in [1.165, 1.54) is 4.90 Å². The lowest BCUT2D eigenvalue weighted by molar-refractivity contribution is 1.19. The molecule has 0 aliphatic rings. The maximum absolute atomic E-state index is 8.58. The fraction of sp³-hybridized carbons (Fsp3) is 0.167. The van der Waals surface area contributed by atoms with E-state index in [1.807, 2.05) is 5.38 Å². The molecule has 0 amide bonds. The summed E-state index contributed by atoms with van der Waals surface area (Å²) in [7, 11) is 0. The van der Waals surface area contributed by atoms with Crippen molar-refractivity contribution in [2.45, 2.75) is 11.3 Å². The summed E-state index contributed by atoms with van der Waals surface area (Å²) in [4.78, 5) is 5.66. The average Bonchev–Trinajstić information content (AvgIpc) is 2.78. The number of benzene rings is 1. The Hall–Kier alpha value is -1.31. The highest BCUT2D eigenvalue weighted by Gasteiger charge is 2.03. The molecular formula is C12H10N2S2. The monoisotopic (exact) mass is 246 g/mol. The van der Waals surface area contributed by atoms with Gasteiger partial charge in [0.15, 0.2) is 0 Å². The van der Waals surface area contributed by atoms with Crippen LogP contribution in [0.2, 0.25) is 0 Å². The van der Waals surface area contributed by atoms with Crippen molar-refractivity contribution in [1.29, 1.82) is 5.26 Å². The topological polar surface area (TPSA) is 36.7 Å². The molecule has 1 aromatic carbocycles. The third-order valence-corrected chi connectivity index (χ3v) is 3.76. The lowest BCUT2D eigenvalue weighted by Gasteiger charge is -1.98. The van der Waals surface area contributed by atoms with E-state index < -0.39 is 0 Å². The van der Waals surface area contributed by atoms with Crippen molar-refractivity contribution in [3.63, 3.8) is 0 Å². The summed E-state index contributed by atoms with van der Waals surface area (Å²) >= 11 is 3.27. The van der Waals surface area contributed by atoms with Gasteiger partial charge in [0, 0.05) is 15.8 Å². The first-order chi connectivity index (χ1) is 7.83. The summed E-state index contributed by atoms with van der Waals surface area (Å²) in [6.45, 7) is 0. The van der Waals surface area contributed by atoms with Gasteiger partial charge in [-0.15, -0.1) is 23.1 Å². The summed E-state index contributed by atoms with van der Waals surface area (Å²) in [5, 5.41) is 11.5. The van der Waals surface area contributed by atoms with Crippen molar-refractivity contribution in [2.24, 2.45) is 0 Å². The summed E-state index contributed by atoms with van der Waals surface area (Å²) in [6, 6.07) is 10.4. The molecule has 4 heteroatoms. The molecule has 80 valence electrons. The molecular weight excluding hydrogens is 236 g/mol. The predicted octanol–water partition coefficient (Wildman–Crippen LogP) is 3.60. The highest BCUT2D eigenvalue weighted by molar-refractivity contribution is 7.98. The fourth-order valence-electron chi connectivity index (χ4n) is 1.35. The van der Waals surface area contributed by atoms with Gasteiger partial charge in [0.2, 0.25) is 0 Å². The van der Waals surface area contributed by atoms with Crippen molar-refractivity contribution in [1.82, 2.24) is 4.98 Å². The van der Waals surface area contributed by atoms with Gasteiger partial charge in [0.05, 0.1) is 18.2 Å². The molecule has 0 aliphatic heterocycles. The molecule has 0 bridgehead atoms. The van der Waals surface area contributed by atoms with E-state index in [1.54, 1.807) is 23.1 Å². The van der Waals surface area contributed by atoms with Crippen LogP contribution < -0.4 is 0 Å². The minimum Gasteiger partial charge on any atom is -0.240 e. The van der Waals surface area contributed by atoms with Crippen molar-refractivity contribution in [3.8, 4) is 17.3 Å². The van der Waals surface area contributed by atoms with E-state index in [0.717, 1.165) is 16.3 Å². The Balaban J connectivity index is 2.25. The van der Waals surface area contributed by atoms with Gasteiger partial charge in [-0.25, -0.2) is 4.98 Å². The number of hydrogen-bond acceptors (Lipinski definition) is 4. The minimum atomic E-state index is 0.396. The fourth-order valence-corrected chi connectivity index (χ4v) is 2.50. The van der Waals surface area contributed by atoms with E-state index in [2.05, 4.69) is 41.6 Å². The molecule has 0 aliphatic carbocycles. The molecule has 1 heterocycles. The average molecular weight is 246 g/mol. The molecule has 0 saturated heterocycles. The normalized spacial score (nSPS) is 10.0. The van der Waals surface area contributed by atoms with Gasteiger partial charge in [0.25, 0.3) is 0 Å². The Bertz CT molecular complexity index is 509. The van der Waals surface area contributed by atoms with E-state index in [4.69, 9.17) is 5.26 Å². The van der Waals surface area contributed by atoms with Gasteiger partial charge >= 0.3 is 0 Å². The van der Waals surface area contributed by atoms with Crippen LogP contribution in [0.1, 0.15) is 5.01 Å². The van der Waals surface area contributed by atoms with E-state index >= 15 is 0 Å². The zero-order valence-corrected chi connectivity index (χ0v) is 10.4. The second-order valence-electron chi connectivity index (χ2n) is 3.19. The van der Waals surface area contributed by atoms with Gasteiger partial charge in [-0.1, -0.05) is 12.1 Å². The predicted molar refractivity (Wildman–Crippen MR) is 68.6 cm³/mol. The van der Waals surface area contributed by atoms with Crippen LogP contribution in [0.4, 0.5) is 0 Å². The maximum Gasteiger partial charge on any atom is 0.107 e. The van der Waals surface area contributed by atoms with Crippen molar-refractivity contribution in [3.05, 3.63) is 34.7 Å². The van der Waals surface area contributed by atoms with E-state index in [-0.39, 0.29) is 0 Å². The van der Waals surface area contributed by atoms with E-state index in [0.29, 0.717) is 6.42 Å². The number of hydrogen-bond donors (Lipinski definition) is 0. The zero-order chi connectivity index (χ0) is 11.4. The molecule has 0 N–H and O–H groups in total. The second kappa shape index (κ2) is 5.15. The van der Waals surface area contributed by atoms with Crippen LogP contribution in [0.15, 0.2) is 34.5 Å². The molecule has 0 spiro atoms. The number of rotatable bonds is 3. The zero-order valence-electron chi connectivity index (χ0n) is 8.80. The first-order valence-electron chi connectivity index (χ1n) is 4.79. The Kier molecular flexibility index (Phi) is 3.60. The number of thiazole rings is 1. The lowest BCUT2D eigenvalue weighted by Crippen LogP contribution is -1.81. The highest BCUT2D eigenvalue weighted by atomic mass is 32.2. The van der Waals surface area contributed by atoms with Crippen LogP contribution in [-0.4, -0.2) is 11.2 Å². The van der Waals surface area contributed by atoms with Crippen LogP contribution in [-0.2, 0) is 6.42 Å². The van der Waals surface area contributed by atoms with Gasteiger partial charge in [-0.05, 0) is 18.4 Å². The Morgan fingerprint density at radius 1 is 1.38 bits per heavy atom. The summed E-state index contributed by atoms with van der Waals surface area (Å²) in [5.41, 5.74) is 2.07. The van der Waals surface area contributed by atoms with Gasteiger partial charge in [-0.3, -0.25) is 0 Å². The highest BCUT2D eigenvalue weighted by Crippen LogP contribution is 2.24. The third-order valence-electron chi connectivity index (χ3n) is 2.17. The van der Waals surface area contributed by atoms with Gasteiger partial charge in [0.1, 0.15) is 5.01 Å². The van der Waals surface area contributed by atoms with Gasteiger partial charge < -0.3 is 0 Å². The van der Waals surface area contributed by atoms with Crippen LogP contribution in [0.5, 0.6) is 0 Å². The summed E-state index contributed by atoms with van der Waals surface area (Å²) in [6.07, 6.45) is 2.45. The number of nitriles is 1. The molecule has 2 nitrogen and oxygen atoms in total. The van der Waals surface area contributed by atoms with Crippen molar-refractivity contribution in [2.75, 3.05) is 6.26 Å². The third kappa shape index (κ3) is 2.43. The standard InChI is InChI=1S/C12H10N2S2/c1-15-10-4-2-9(3-5-10)11-8-16-12(14-11)6-7-13/h2-5,8H,6H2,1H3. The number of thioether (sulfide) groups is 1. The SMILES string of the molecule is CSc1ccc(-c2csc(CC#N)n2)cc1. The molecule has 0 fully saturated rings. The van der Waals surface area contributed by atoms with E-state index in [9.17, 15) is 0 Å².